The maximum Gasteiger partial charge on any atom is 0.126 e. The van der Waals surface area contributed by atoms with Crippen molar-refractivity contribution in [3.8, 4) is 0 Å². The molecule has 0 atom stereocenters. The fourth-order valence-electron chi connectivity index (χ4n) is 1.15. The van der Waals surface area contributed by atoms with Crippen molar-refractivity contribution in [2.45, 2.75) is 6.54 Å². The summed E-state index contributed by atoms with van der Waals surface area (Å²) >= 11 is 13.0. The van der Waals surface area contributed by atoms with Crippen LogP contribution in [0.25, 0.3) is 0 Å². The Morgan fingerprint density at radius 2 is 2.00 bits per heavy atom. The van der Waals surface area contributed by atoms with Crippen LogP contribution < -0.4 is 5.32 Å². The van der Waals surface area contributed by atoms with E-state index in [-0.39, 0.29) is 10.0 Å². The van der Waals surface area contributed by atoms with E-state index >= 15 is 0 Å². The van der Waals surface area contributed by atoms with Gasteiger partial charge in [0.25, 0.3) is 0 Å². The highest BCUT2D eigenvalue weighted by molar-refractivity contribution is 7.03. The summed E-state index contributed by atoms with van der Waals surface area (Å²) in [5.74, 6) is -0.462. The Bertz CT molecular complexity index is 466. The predicted octanol–water partition coefficient (Wildman–Crippen LogP) is 3.60. The summed E-state index contributed by atoms with van der Waals surface area (Å²) in [5, 5.41) is 9.13. The number of halogens is 3. The van der Waals surface area contributed by atoms with E-state index in [1.807, 2.05) is 0 Å². The second kappa shape index (κ2) is 4.95. The molecule has 16 heavy (non-hydrogen) atoms. The van der Waals surface area contributed by atoms with Gasteiger partial charge in [0.15, 0.2) is 0 Å². The second-order valence-corrected chi connectivity index (χ2v) is 4.42. The van der Waals surface area contributed by atoms with E-state index in [1.54, 1.807) is 5.38 Å². The Balaban J connectivity index is 2.15. The van der Waals surface area contributed by atoms with Crippen LogP contribution in [0.15, 0.2) is 17.5 Å². The number of hydrogen-bond acceptors (Lipinski definition) is 4. The lowest BCUT2D eigenvalue weighted by Gasteiger charge is -2.08. The molecule has 1 aromatic carbocycles. The zero-order valence-corrected chi connectivity index (χ0v) is 10.2. The maximum atomic E-state index is 12.9. The molecule has 7 heteroatoms. The Morgan fingerprint density at radius 1 is 1.31 bits per heavy atom. The largest absolute Gasteiger partial charge is 0.377 e. The van der Waals surface area contributed by atoms with Gasteiger partial charge >= 0.3 is 0 Å². The summed E-state index contributed by atoms with van der Waals surface area (Å²) in [5.41, 5.74) is 1.28. The molecule has 2 rings (SSSR count). The smallest absolute Gasteiger partial charge is 0.126 e. The average Bonchev–Trinajstić information content (AvgIpc) is 2.68. The van der Waals surface area contributed by atoms with E-state index in [2.05, 4.69) is 14.9 Å². The lowest BCUT2D eigenvalue weighted by molar-refractivity contribution is 0.628. The number of anilines is 1. The molecule has 0 spiro atoms. The van der Waals surface area contributed by atoms with E-state index in [1.165, 1.54) is 23.7 Å². The molecular formula is C9H6Cl2FN3S. The number of rotatable bonds is 3. The normalized spacial score (nSPS) is 10.4. The van der Waals surface area contributed by atoms with E-state index in [0.717, 1.165) is 5.69 Å². The SMILES string of the molecule is Fc1cc(Cl)c(NCc2csnn2)c(Cl)c1. The molecule has 0 fully saturated rings. The summed E-state index contributed by atoms with van der Waals surface area (Å²) in [6, 6.07) is 2.41. The van der Waals surface area contributed by atoms with Crippen molar-refractivity contribution < 1.29 is 4.39 Å². The Kier molecular flexibility index (Phi) is 3.58. The van der Waals surface area contributed by atoms with Crippen molar-refractivity contribution in [2.75, 3.05) is 5.32 Å². The van der Waals surface area contributed by atoms with Gasteiger partial charge in [-0.3, -0.25) is 0 Å². The number of nitrogens with zero attached hydrogens (tertiary/aromatic N) is 2. The van der Waals surface area contributed by atoms with Crippen LogP contribution in [0.2, 0.25) is 10.0 Å². The van der Waals surface area contributed by atoms with Crippen molar-refractivity contribution in [1.82, 2.24) is 9.59 Å². The van der Waals surface area contributed by atoms with Gasteiger partial charge in [-0.25, -0.2) is 4.39 Å². The predicted molar refractivity (Wildman–Crippen MR) is 63.7 cm³/mol. The van der Waals surface area contributed by atoms with Crippen LogP contribution in [-0.4, -0.2) is 9.59 Å². The van der Waals surface area contributed by atoms with Crippen LogP contribution in [0.3, 0.4) is 0 Å². The molecule has 2 aromatic rings. The second-order valence-electron chi connectivity index (χ2n) is 2.99. The standard InChI is InChI=1S/C9H6Cl2FN3S/c10-7-1-5(12)2-8(11)9(7)13-3-6-4-16-15-14-6/h1-2,4,13H,3H2. The molecule has 0 saturated carbocycles. The minimum atomic E-state index is -0.462. The lowest BCUT2D eigenvalue weighted by Crippen LogP contribution is -2.01. The average molecular weight is 278 g/mol. The first-order valence-electron chi connectivity index (χ1n) is 4.31. The number of nitrogens with one attached hydrogen (secondary N) is 1. The summed E-state index contributed by atoms with van der Waals surface area (Å²) in [7, 11) is 0. The van der Waals surface area contributed by atoms with Crippen LogP contribution in [-0.2, 0) is 6.54 Å². The number of benzene rings is 1. The van der Waals surface area contributed by atoms with Gasteiger partial charge in [-0.2, -0.15) is 0 Å². The van der Waals surface area contributed by atoms with Gasteiger partial charge in [-0.05, 0) is 23.7 Å². The number of aromatic nitrogens is 2. The first-order valence-corrected chi connectivity index (χ1v) is 5.90. The molecule has 1 aromatic heterocycles. The van der Waals surface area contributed by atoms with Crippen molar-refractivity contribution >= 4 is 40.4 Å². The summed E-state index contributed by atoms with van der Waals surface area (Å²) < 4.78 is 16.6. The first kappa shape index (κ1) is 11.6. The molecular weight excluding hydrogens is 272 g/mol. The lowest BCUT2D eigenvalue weighted by atomic mass is 10.3. The molecule has 0 aliphatic rings. The minimum absolute atomic E-state index is 0.244. The van der Waals surface area contributed by atoms with Crippen molar-refractivity contribution in [2.24, 2.45) is 0 Å². The monoisotopic (exact) mass is 277 g/mol. The molecule has 0 bridgehead atoms. The fraction of sp³-hybridized carbons (Fsp3) is 0.111. The molecule has 0 aliphatic carbocycles. The summed E-state index contributed by atoms with van der Waals surface area (Å²) in [6.45, 7) is 0.446. The van der Waals surface area contributed by atoms with Gasteiger partial charge < -0.3 is 5.32 Å². The molecule has 84 valence electrons. The highest BCUT2D eigenvalue weighted by atomic mass is 35.5. The third kappa shape index (κ3) is 2.61. The zero-order chi connectivity index (χ0) is 11.5. The molecule has 0 amide bonds. The minimum Gasteiger partial charge on any atom is -0.377 e. The quantitative estimate of drug-likeness (QED) is 0.932. The molecule has 1 N–H and O–H groups in total. The van der Waals surface area contributed by atoms with Gasteiger partial charge in [0.05, 0.1) is 28.0 Å². The van der Waals surface area contributed by atoms with E-state index in [9.17, 15) is 4.39 Å². The topological polar surface area (TPSA) is 37.8 Å². The number of hydrogen-bond donors (Lipinski definition) is 1. The summed E-state index contributed by atoms with van der Waals surface area (Å²) in [6.07, 6.45) is 0. The summed E-state index contributed by atoms with van der Waals surface area (Å²) in [4.78, 5) is 0. The van der Waals surface area contributed by atoms with Gasteiger partial charge in [-0.15, -0.1) is 5.10 Å². The van der Waals surface area contributed by atoms with Crippen molar-refractivity contribution in [3.05, 3.63) is 39.1 Å². The Hall–Kier alpha value is -0.910. The van der Waals surface area contributed by atoms with Gasteiger partial charge in [0.1, 0.15) is 5.82 Å². The van der Waals surface area contributed by atoms with Crippen LogP contribution in [0.5, 0.6) is 0 Å². The molecule has 3 nitrogen and oxygen atoms in total. The van der Waals surface area contributed by atoms with Gasteiger partial charge in [0, 0.05) is 5.38 Å². The van der Waals surface area contributed by atoms with Crippen molar-refractivity contribution in [3.63, 3.8) is 0 Å². The van der Waals surface area contributed by atoms with E-state index in [0.29, 0.717) is 12.2 Å². The van der Waals surface area contributed by atoms with Crippen molar-refractivity contribution in [1.29, 1.82) is 0 Å². The van der Waals surface area contributed by atoms with Gasteiger partial charge in [0.2, 0.25) is 0 Å². The highest BCUT2D eigenvalue weighted by Gasteiger charge is 2.08. The van der Waals surface area contributed by atoms with Crippen LogP contribution >= 0.6 is 34.7 Å². The van der Waals surface area contributed by atoms with E-state index < -0.39 is 5.82 Å². The van der Waals surface area contributed by atoms with Crippen LogP contribution in [0.4, 0.5) is 10.1 Å². The first-order chi connectivity index (χ1) is 7.66. The third-order valence-corrected chi connectivity index (χ3v) is 3.01. The maximum absolute atomic E-state index is 12.9. The van der Waals surface area contributed by atoms with E-state index in [4.69, 9.17) is 23.2 Å². The molecule has 0 radical (unpaired) electrons. The molecule has 0 saturated heterocycles. The Labute approximate surface area is 105 Å². The molecule has 0 unspecified atom stereocenters. The Morgan fingerprint density at radius 3 is 2.56 bits per heavy atom. The fourth-order valence-corrected chi connectivity index (χ4v) is 2.20. The van der Waals surface area contributed by atoms with Crippen LogP contribution in [0.1, 0.15) is 5.69 Å². The molecule has 0 aliphatic heterocycles. The molecule has 1 heterocycles. The zero-order valence-electron chi connectivity index (χ0n) is 7.88. The van der Waals surface area contributed by atoms with Crippen LogP contribution in [0, 0.1) is 5.82 Å². The highest BCUT2D eigenvalue weighted by Crippen LogP contribution is 2.31. The van der Waals surface area contributed by atoms with Gasteiger partial charge in [-0.1, -0.05) is 27.7 Å². The third-order valence-electron chi connectivity index (χ3n) is 1.86.